The Hall–Kier alpha value is -1.97. The van der Waals surface area contributed by atoms with Crippen molar-refractivity contribution >= 4 is 29.6 Å². The Kier molecular flexibility index (Phi) is 4.13. The molecular formula is C18H15NS2. The van der Waals surface area contributed by atoms with E-state index in [4.69, 9.17) is 12.2 Å². The van der Waals surface area contributed by atoms with Crippen LogP contribution in [0.4, 0.5) is 0 Å². The number of nitrogens with zero attached hydrogens (tertiary/aromatic N) is 1. The van der Waals surface area contributed by atoms with Crippen LogP contribution in [0.3, 0.4) is 0 Å². The molecule has 0 spiro atoms. The molecule has 0 amide bonds. The molecule has 0 aliphatic rings. The lowest BCUT2D eigenvalue weighted by molar-refractivity contribution is 0.809. The first-order valence-electron chi connectivity index (χ1n) is 6.73. The van der Waals surface area contributed by atoms with Crippen molar-refractivity contribution in [2.24, 2.45) is 0 Å². The molecule has 0 unspecified atom stereocenters. The average molecular weight is 309 g/mol. The Bertz CT molecular complexity index is 795. The van der Waals surface area contributed by atoms with Crippen LogP contribution < -0.4 is 0 Å². The van der Waals surface area contributed by atoms with Gasteiger partial charge in [-0.05, 0) is 28.9 Å². The zero-order valence-electron chi connectivity index (χ0n) is 11.5. The molecule has 0 radical (unpaired) electrons. The number of rotatable bonds is 4. The topological polar surface area (TPSA) is 4.93 Å². The van der Waals surface area contributed by atoms with E-state index < -0.39 is 0 Å². The van der Waals surface area contributed by atoms with E-state index in [1.807, 2.05) is 12.1 Å². The first-order chi connectivity index (χ1) is 10.3. The number of thiazole rings is 1. The maximum absolute atomic E-state index is 5.49. The summed E-state index contributed by atoms with van der Waals surface area (Å²) in [6, 6.07) is 18.8. The third-order valence-corrected chi connectivity index (χ3v) is 4.68. The summed E-state index contributed by atoms with van der Waals surface area (Å²) in [6.45, 7) is 4.58. The van der Waals surface area contributed by atoms with Gasteiger partial charge < -0.3 is 4.57 Å². The van der Waals surface area contributed by atoms with E-state index in [2.05, 4.69) is 65.1 Å². The smallest absolute Gasteiger partial charge is 0.161 e. The Morgan fingerprint density at radius 3 is 2.43 bits per heavy atom. The van der Waals surface area contributed by atoms with E-state index in [1.54, 1.807) is 11.3 Å². The second-order valence-corrected chi connectivity index (χ2v) is 6.29. The van der Waals surface area contributed by atoms with Gasteiger partial charge in [-0.2, -0.15) is 0 Å². The van der Waals surface area contributed by atoms with Gasteiger partial charge in [-0.3, -0.25) is 0 Å². The standard InChI is InChI=1S/C18H15NS2/c1-2-14-8-10-15(11-9-14)12-19-17(13-21-18(19)20)16-6-4-3-5-7-16/h2-11,13H,1,12H2. The molecule has 3 aromatic rings. The highest BCUT2D eigenvalue weighted by atomic mass is 32.1. The van der Waals surface area contributed by atoms with E-state index in [9.17, 15) is 0 Å². The van der Waals surface area contributed by atoms with Crippen molar-refractivity contribution in [1.82, 2.24) is 4.57 Å². The third-order valence-electron chi connectivity index (χ3n) is 3.41. The molecule has 0 N–H and O–H groups in total. The maximum Gasteiger partial charge on any atom is 0.161 e. The highest BCUT2D eigenvalue weighted by Gasteiger charge is 2.07. The molecule has 0 fully saturated rings. The van der Waals surface area contributed by atoms with Gasteiger partial charge in [-0.25, -0.2) is 0 Å². The van der Waals surface area contributed by atoms with Crippen molar-refractivity contribution in [2.75, 3.05) is 0 Å². The highest BCUT2D eigenvalue weighted by Crippen LogP contribution is 2.24. The van der Waals surface area contributed by atoms with Crippen molar-refractivity contribution in [3.05, 3.63) is 81.6 Å². The van der Waals surface area contributed by atoms with Crippen LogP contribution in [0, 0.1) is 3.95 Å². The lowest BCUT2D eigenvalue weighted by Crippen LogP contribution is -2.01. The van der Waals surface area contributed by atoms with Gasteiger partial charge in [0.25, 0.3) is 0 Å². The summed E-state index contributed by atoms with van der Waals surface area (Å²) >= 11 is 7.10. The molecular weight excluding hydrogens is 294 g/mol. The molecule has 0 bridgehead atoms. The van der Waals surface area contributed by atoms with Gasteiger partial charge in [-0.15, -0.1) is 11.3 Å². The van der Waals surface area contributed by atoms with Crippen LogP contribution in [0.25, 0.3) is 17.3 Å². The largest absolute Gasteiger partial charge is 0.318 e. The molecule has 3 rings (SSSR count). The monoisotopic (exact) mass is 309 g/mol. The Balaban J connectivity index is 1.97. The van der Waals surface area contributed by atoms with Crippen molar-refractivity contribution in [2.45, 2.75) is 6.54 Å². The molecule has 0 atom stereocenters. The number of hydrogen-bond donors (Lipinski definition) is 0. The summed E-state index contributed by atoms with van der Waals surface area (Å²) < 4.78 is 3.10. The fourth-order valence-corrected chi connectivity index (χ4v) is 3.33. The molecule has 1 heterocycles. The second kappa shape index (κ2) is 6.20. The lowest BCUT2D eigenvalue weighted by Gasteiger charge is -2.09. The van der Waals surface area contributed by atoms with Gasteiger partial charge >= 0.3 is 0 Å². The van der Waals surface area contributed by atoms with Crippen LogP contribution in [0.2, 0.25) is 0 Å². The molecule has 0 aliphatic heterocycles. The first kappa shape index (κ1) is 14.0. The van der Waals surface area contributed by atoms with Crippen molar-refractivity contribution < 1.29 is 0 Å². The van der Waals surface area contributed by atoms with Crippen LogP contribution in [0.5, 0.6) is 0 Å². The molecule has 0 saturated heterocycles. The van der Waals surface area contributed by atoms with Crippen LogP contribution in [0.15, 0.2) is 66.6 Å². The molecule has 104 valence electrons. The zero-order chi connectivity index (χ0) is 14.7. The fourth-order valence-electron chi connectivity index (χ4n) is 2.26. The van der Waals surface area contributed by atoms with Gasteiger partial charge in [0.15, 0.2) is 3.95 Å². The fraction of sp³-hybridized carbons (Fsp3) is 0.0556. The van der Waals surface area contributed by atoms with E-state index in [0.29, 0.717) is 0 Å². The van der Waals surface area contributed by atoms with Gasteiger partial charge in [0, 0.05) is 11.9 Å². The van der Waals surface area contributed by atoms with Crippen LogP contribution >= 0.6 is 23.6 Å². The maximum atomic E-state index is 5.49. The number of aromatic nitrogens is 1. The summed E-state index contributed by atoms with van der Waals surface area (Å²) in [5.74, 6) is 0. The highest BCUT2D eigenvalue weighted by molar-refractivity contribution is 7.73. The van der Waals surface area contributed by atoms with Gasteiger partial charge in [0.2, 0.25) is 0 Å². The van der Waals surface area contributed by atoms with Gasteiger partial charge in [-0.1, -0.05) is 67.3 Å². The molecule has 3 heteroatoms. The SMILES string of the molecule is C=Cc1ccc(Cn2c(-c3ccccc3)csc2=S)cc1. The quantitative estimate of drug-likeness (QED) is 0.565. The van der Waals surface area contributed by atoms with E-state index >= 15 is 0 Å². The molecule has 0 saturated carbocycles. The van der Waals surface area contributed by atoms with Crippen LogP contribution in [-0.4, -0.2) is 4.57 Å². The van der Waals surface area contributed by atoms with Crippen molar-refractivity contribution in [3.8, 4) is 11.3 Å². The minimum atomic E-state index is 0.796. The minimum absolute atomic E-state index is 0.796. The predicted octanol–water partition coefficient (Wildman–Crippen LogP) is 5.64. The van der Waals surface area contributed by atoms with Crippen molar-refractivity contribution in [3.63, 3.8) is 0 Å². The zero-order valence-corrected chi connectivity index (χ0v) is 13.2. The Labute approximate surface area is 133 Å². The van der Waals surface area contributed by atoms with E-state index in [-0.39, 0.29) is 0 Å². The van der Waals surface area contributed by atoms with Gasteiger partial charge in [0.05, 0.1) is 5.69 Å². The van der Waals surface area contributed by atoms with Gasteiger partial charge in [0.1, 0.15) is 0 Å². The van der Waals surface area contributed by atoms with Crippen molar-refractivity contribution in [1.29, 1.82) is 0 Å². The summed E-state index contributed by atoms with van der Waals surface area (Å²) in [5.41, 5.74) is 4.76. The molecule has 21 heavy (non-hydrogen) atoms. The predicted molar refractivity (Wildman–Crippen MR) is 94.2 cm³/mol. The summed E-state index contributed by atoms with van der Waals surface area (Å²) in [5, 5.41) is 2.13. The summed E-state index contributed by atoms with van der Waals surface area (Å²) in [6.07, 6.45) is 1.86. The van der Waals surface area contributed by atoms with E-state index in [0.717, 1.165) is 16.1 Å². The normalized spacial score (nSPS) is 10.5. The summed E-state index contributed by atoms with van der Waals surface area (Å²) in [7, 11) is 0. The molecule has 1 nitrogen and oxygen atoms in total. The van der Waals surface area contributed by atoms with E-state index in [1.165, 1.54) is 16.8 Å². The lowest BCUT2D eigenvalue weighted by atomic mass is 10.1. The number of hydrogen-bond acceptors (Lipinski definition) is 2. The Morgan fingerprint density at radius 2 is 1.76 bits per heavy atom. The summed E-state index contributed by atoms with van der Waals surface area (Å²) in [4.78, 5) is 0. The minimum Gasteiger partial charge on any atom is -0.318 e. The third kappa shape index (κ3) is 3.04. The molecule has 1 aromatic heterocycles. The first-order valence-corrected chi connectivity index (χ1v) is 8.02. The molecule has 2 aromatic carbocycles. The molecule has 0 aliphatic carbocycles. The average Bonchev–Trinajstić information content (AvgIpc) is 2.90. The number of benzene rings is 2. The van der Waals surface area contributed by atoms with Crippen LogP contribution in [-0.2, 0) is 6.54 Å². The second-order valence-electron chi connectivity index (χ2n) is 4.78. The Morgan fingerprint density at radius 1 is 1.05 bits per heavy atom. The van der Waals surface area contributed by atoms with Crippen LogP contribution in [0.1, 0.15) is 11.1 Å².